The van der Waals surface area contributed by atoms with Crippen LogP contribution in [0.3, 0.4) is 0 Å². The van der Waals surface area contributed by atoms with Crippen molar-refractivity contribution in [2.75, 3.05) is 6.61 Å². The molecule has 5 heteroatoms. The third-order valence-corrected chi connectivity index (χ3v) is 4.34. The van der Waals surface area contributed by atoms with E-state index in [0.29, 0.717) is 6.61 Å². The Morgan fingerprint density at radius 2 is 2.00 bits per heavy atom. The Bertz CT molecular complexity index is 543. The van der Waals surface area contributed by atoms with Gasteiger partial charge >= 0.3 is 0 Å². The van der Waals surface area contributed by atoms with Crippen molar-refractivity contribution in [1.29, 1.82) is 5.26 Å². The number of nitrogens with one attached hydrogen (secondary N) is 1. The first-order valence-corrected chi connectivity index (χ1v) is 7.13. The molecule has 2 rings (SSSR count). The molecule has 1 aromatic carbocycles. The van der Waals surface area contributed by atoms with Crippen LogP contribution in [0.4, 0.5) is 8.78 Å². The van der Waals surface area contributed by atoms with E-state index in [-0.39, 0.29) is 35.2 Å². The maximum Gasteiger partial charge on any atom is 0.131 e. The highest BCUT2D eigenvalue weighted by atomic mass is 19.1. The first kappa shape index (κ1) is 15.9. The number of benzene rings is 1. The van der Waals surface area contributed by atoms with Crippen LogP contribution in [0.15, 0.2) is 12.1 Å². The van der Waals surface area contributed by atoms with Crippen LogP contribution < -0.4 is 5.32 Å². The lowest BCUT2D eigenvalue weighted by atomic mass is 9.64. The van der Waals surface area contributed by atoms with Gasteiger partial charge in [0.1, 0.15) is 11.6 Å². The van der Waals surface area contributed by atoms with E-state index in [9.17, 15) is 8.78 Å². The maximum absolute atomic E-state index is 13.8. The molecule has 0 aliphatic heterocycles. The second-order valence-electron chi connectivity index (χ2n) is 5.96. The molecule has 114 valence electrons. The van der Waals surface area contributed by atoms with Crippen molar-refractivity contribution < 1.29 is 13.5 Å². The minimum atomic E-state index is -0.683. The van der Waals surface area contributed by atoms with Crippen LogP contribution in [-0.4, -0.2) is 18.8 Å². The van der Waals surface area contributed by atoms with Gasteiger partial charge in [-0.15, -0.1) is 0 Å². The molecule has 0 aromatic heterocycles. The molecule has 3 nitrogen and oxygen atoms in total. The minimum Gasteiger partial charge on any atom is -0.378 e. The van der Waals surface area contributed by atoms with Gasteiger partial charge in [0.25, 0.3) is 0 Å². The number of rotatable bonds is 5. The lowest BCUT2D eigenvalue weighted by Gasteiger charge is -2.52. The highest BCUT2D eigenvalue weighted by Crippen LogP contribution is 2.42. The molecule has 1 saturated carbocycles. The van der Waals surface area contributed by atoms with Gasteiger partial charge in [0.05, 0.1) is 17.7 Å². The van der Waals surface area contributed by atoms with Crippen molar-refractivity contribution in [1.82, 2.24) is 5.32 Å². The Labute approximate surface area is 123 Å². The number of nitriles is 1. The summed E-state index contributed by atoms with van der Waals surface area (Å²) >= 11 is 0. The van der Waals surface area contributed by atoms with Crippen molar-refractivity contribution in [3.63, 3.8) is 0 Å². The van der Waals surface area contributed by atoms with E-state index in [1.54, 1.807) is 6.07 Å². The molecular weight excluding hydrogens is 274 g/mol. The van der Waals surface area contributed by atoms with Crippen molar-refractivity contribution in [2.24, 2.45) is 5.41 Å². The SMILES string of the molecule is CCOC1CC(NCc2c(F)cc(C#N)cc2F)C1(C)C. The Kier molecular flexibility index (Phi) is 4.60. The smallest absolute Gasteiger partial charge is 0.131 e. The molecule has 0 heterocycles. The third-order valence-electron chi connectivity index (χ3n) is 4.34. The van der Waals surface area contributed by atoms with Gasteiger partial charge in [-0.05, 0) is 25.5 Å². The van der Waals surface area contributed by atoms with Crippen LogP contribution in [-0.2, 0) is 11.3 Å². The third kappa shape index (κ3) is 3.07. The molecule has 2 unspecified atom stereocenters. The van der Waals surface area contributed by atoms with Crippen LogP contribution in [0.5, 0.6) is 0 Å². The van der Waals surface area contributed by atoms with E-state index >= 15 is 0 Å². The summed E-state index contributed by atoms with van der Waals surface area (Å²) in [4.78, 5) is 0. The summed E-state index contributed by atoms with van der Waals surface area (Å²) in [6.45, 7) is 6.90. The summed E-state index contributed by atoms with van der Waals surface area (Å²) in [5.41, 5.74) is -0.0889. The monoisotopic (exact) mass is 294 g/mol. The summed E-state index contributed by atoms with van der Waals surface area (Å²) in [6.07, 6.45) is 1.01. The Hall–Kier alpha value is -1.51. The fourth-order valence-corrected chi connectivity index (χ4v) is 2.78. The second-order valence-corrected chi connectivity index (χ2v) is 5.96. The molecule has 1 fully saturated rings. The Morgan fingerprint density at radius 3 is 2.48 bits per heavy atom. The van der Waals surface area contributed by atoms with Crippen molar-refractivity contribution in [3.8, 4) is 6.07 Å². The predicted molar refractivity (Wildman–Crippen MR) is 75.5 cm³/mol. The van der Waals surface area contributed by atoms with Crippen molar-refractivity contribution in [3.05, 3.63) is 34.9 Å². The van der Waals surface area contributed by atoms with E-state index in [2.05, 4.69) is 19.2 Å². The molecule has 0 amide bonds. The lowest BCUT2D eigenvalue weighted by Crippen LogP contribution is -2.60. The van der Waals surface area contributed by atoms with Crippen molar-refractivity contribution >= 4 is 0 Å². The van der Waals surface area contributed by atoms with Gasteiger partial charge in [0.15, 0.2) is 0 Å². The molecule has 0 spiro atoms. The Balaban J connectivity index is 2.01. The first-order valence-electron chi connectivity index (χ1n) is 7.13. The van der Waals surface area contributed by atoms with E-state index in [0.717, 1.165) is 18.6 Å². The van der Waals surface area contributed by atoms with Gasteiger partial charge in [-0.25, -0.2) is 8.78 Å². The van der Waals surface area contributed by atoms with E-state index in [1.807, 2.05) is 6.92 Å². The second kappa shape index (κ2) is 6.08. The summed E-state index contributed by atoms with van der Waals surface area (Å²) in [5, 5.41) is 11.9. The highest BCUT2D eigenvalue weighted by Gasteiger charge is 2.48. The van der Waals surface area contributed by atoms with Crippen LogP contribution in [0.1, 0.15) is 38.3 Å². The number of nitrogens with zero attached hydrogens (tertiary/aromatic N) is 1. The largest absolute Gasteiger partial charge is 0.378 e. The van der Waals surface area contributed by atoms with Gasteiger partial charge in [-0.2, -0.15) is 5.26 Å². The summed E-state index contributed by atoms with van der Waals surface area (Å²) in [5.74, 6) is -1.37. The van der Waals surface area contributed by atoms with Crippen LogP contribution in [0, 0.1) is 28.4 Å². The van der Waals surface area contributed by atoms with Gasteiger partial charge in [-0.3, -0.25) is 0 Å². The van der Waals surface area contributed by atoms with Gasteiger partial charge in [0.2, 0.25) is 0 Å². The molecule has 1 aliphatic rings. The minimum absolute atomic E-state index is 0.00543. The molecule has 1 aromatic rings. The summed E-state index contributed by atoms with van der Waals surface area (Å²) in [6, 6.07) is 4.02. The maximum atomic E-state index is 13.8. The van der Waals surface area contributed by atoms with Crippen LogP contribution in [0.2, 0.25) is 0 Å². The number of hydrogen-bond acceptors (Lipinski definition) is 3. The van der Waals surface area contributed by atoms with E-state index in [4.69, 9.17) is 10.00 Å². The number of halogens is 2. The fraction of sp³-hybridized carbons (Fsp3) is 0.562. The molecular formula is C16H20F2N2O. The number of hydrogen-bond donors (Lipinski definition) is 1. The average molecular weight is 294 g/mol. The van der Waals surface area contributed by atoms with Crippen LogP contribution >= 0.6 is 0 Å². The summed E-state index contributed by atoms with van der Waals surface area (Å²) in [7, 11) is 0. The molecule has 21 heavy (non-hydrogen) atoms. The summed E-state index contributed by atoms with van der Waals surface area (Å²) < 4.78 is 33.2. The van der Waals surface area contributed by atoms with E-state index in [1.165, 1.54) is 0 Å². The van der Waals surface area contributed by atoms with Crippen molar-refractivity contribution in [2.45, 2.75) is 45.9 Å². The van der Waals surface area contributed by atoms with Gasteiger partial charge < -0.3 is 10.1 Å². The molecule has 0 bridgehead atoms. The average Bonchev–Trinajstić information content (AvgIpc) is 2.43. The topological polar surface area (TPSA) is 45.0 Å². The molecule has 2 atom stereocenters. The zero-order chi connectivity index (χ0) is 15.6. The van der Waals surface area contributed by atoms with Gasteiger partial charge in [0, 0.05) is 30.2 Å². The first-order chi connectivity index (χ1) is 9.90. The molecule has 0 saturated heterocycles. The highest BCUT2D eigenvalue weighted by molar-refractivity contribution is 5.34. The predicted octanol–water partition coefficient (Wildman–Crippen LogP) is 3.13. The molecule has 1 N–H and O–H groups in total. The van der Waals surface area contributed by atoms with E-state index < -0.39 is 11.6 Å². The molecule has 1 aliphatic carbocycles. The van der Waals surface area contributed by atoms with Crippen LogP contribution in [0.25, 0.3) is 0 Å². The normalized spacial score (nSPS) is 23.4. The zero-order valence-corrected chi connectivity index (χ0v) is 12.5. The zero-order valence-electron chi connectivity index (χ0n) is 12.5. The molecule has 0 radical (unpaired) electrons. The number of ether oxygens (including phenoxy) is 1. The Morgan fingerprint density at radius 1 is 1.38 bits per heavy atom. The lowest BCUT2D eigenvalue weighted by molar-refractivity contribution is -0.114. The fourth-order valence-electron chi connectivity index (χ4n) is 2.78. The quantitative estimate of drug-likeness (QED) is 0.907. The standard InChI is InChI=1S/C16H20F2N2O/c1-4-21-15-7-14(16(15,2)3)20-9-11-12(17)5-10(8-19)6-13(11)18/h5-6,14-15,20H,4,7,9H2,1-3H3. The van der Waals surface area contributed by atoms with Gasteiger partial charge in [-0.1, -0.05) is 13.8 Å².